The molecule has 0 bridgehead atoms. The van der Waals surface area contributed by atoms with Crippen LogP contribution in [0.3, 0.4) is 0 Å². The van der Waals surface area contributed by atoms with Crippen LogP contribution in [0.5, 0.6) is 0 Å². The second-order valence-corrected chi connectivity index (χ2v) is 6.80. The van der Waals surface area contributed by atoms with Gasteiger partial charge in [0.15, 0.2) is 0 Å². The molecule has 2 N–H and O–H groups in total. The van der Waals surface area contributed by atoms with Gasteiger partial charge in [-0.1, -0.05) is 18.2 Å². The summed E-state index contributed by atoms with van der Waals surface area (Å²) in [6, 6.07) is 7.40. The Morgan fingerprint density at radius 1 is 1.42 bits per heavy atom. The predicted molar refractivity (Wildman–Crippen MR) is 75.7 cm³/mol. The lowest BCUT2D eigenvalue weighted by Crippen LogP contribution is -2.47. The Morgan fingerprint density at radius 3 is 2.89 bits per heavy atom. The van der Waals surface area contributed by atoms with Crippen molar-refractivity contribution in [1.82, 2.24) is 0 Å². The van der Waals surface area contributed by atoms with E-state index in [4.69, 9.17) is 10.5 Å². The van der Waals surface area contributed by atoms with Gasteiger partial charge in [0.1, 0.15) is 0 Å². The van der Waals surface area contributed by atoms with E-state index in [1.165, 1.54) is 4.31 Å². The van der Waals surface area contributed by atoms with Crippen LogP contribution in [-0.4, -0.2) is 40.5 Å². The lowest BCUT2D eigenvalue weighted by atomic mass is 10.0. The van der Waals surface area contributed by atoms with Gasteiger partial charge in [0.2, 0.25) is 10.0 Å². The largest absolute Gasteiger partial charge is 0.385 e. The predicted octanol–water partition coefficient (Wildman–Crippen LogP) is 0.743. The Hall–Kier alpha value is -1.11. The summed E-state index contributed by atoms with van der Waals surface area (Å²) in [7, 11) is -1.76. The number of sulfonamides is 1. The molecule has 1 aromatic rings. The molecule has 1 aliphatic rings. The Labute approximate surface area is 114 Å². The topological polar surface area (TPSA) is 72.6 Å². The van der Waals surface area contributed by atoms with Gasteiger partial charge in [0.05, 0.1) is 11.4 Å². The van der Waals surface area contributed by atoms with Gasteiger partial charge >= 0.3 is 0 Å². The highest BCUT2D eigenvalue weighted by atomic mass is 32.2. The van der Waals surface area contributed by atoms with Gasteiger partial charge in [-0.05, 0) is 24.5 Å². The van der Waals surface area contributed by atoms with Gasteiger partial charge in [-0.2, -0.15) is 0 Å². The third kappa shape index (κ3) is 3.26. The fraction of sp³-hybridized carbons (Fsp3) is 0.538. The van der Waals surface area contributed by atoms with Crippen LogP contribution in [0.1, 0.15) is 12.0 Å². The average molecular weight is 284 g/mol. The Bertz CT molecular complexity index is 530. The monoisotopic (exact) mass is 284 g/mol. The first-order chi connectivity index (χ1) is 9.04. The molecule has 1 unspecified atom stereocenters. The molecule has 0 spiro atoms. The third-order valence-corrected chi connectivity index (χ3v) is 5.05. The number of methoxy groups -OCH3 is 1. The van der Waals surface area contributed by atoms with E-state index in [-0.39, 0.29) is 11.8 Å². The van der Waals surface area contributed by atoms with Crippen molar-refractivity contribution in [2.75, 3.05) is 30.3 Å². The molecule has 0 aromatic heterocycles. The first kappa shape index (κ1) is 14.3. The second kappa shape index (κ2) is 5.90. The maximum atomic E-state index is 12.4. The lowest BCUT2D eigenvalue weighted by Gasteiger charge is -2.33. The average Bonchev–Trinajstić information content (AvgIpc) is 2.38. The van der Waals surface area contributed by atoms with Crippen LogP contribution in [-0.2, 0) is 21.2 Å². The van der Waals surface area contributed by atoms with E-state index in [0.717, 1.165) is 17.7 Å². The number of hydrogen-bond acceptors (Lipinski definition) is 4. The maximum Gasteiger partial charge on any atom is 0.235 e. The summed E-state index contributed by atoms with van der Waals surface area (Å²) in [5.41, 5.74) is 7.72. The van der Waals surface area contributed by atoms with Crippen LogP contribution in [0.25, 0.3) is 0 Å². The molecular weight excluding hydrogens is 264 g/mol. The zero-order chi connectivity index (χ0) is 13.9. The maximum absolute atomic E-state index is 12.4. The smallest absolute Gasteiger partial charge is 0.235 e. The van der Waals surface area contributed by atoms with Crippen molar-refractivity contribution in [2.24, 2.45) is 5.73 Å². The van der Waals surface area contributed by atoms with Crippen molar-refractivity contribution >= 4 is 15.7 Å². The molecule has 0 saturated heterocycles. The van der Waals surface area contributed by atoms with Gasteiger partial charge < -0.3 is 10.5 Å². The van der Waals surface area contributed by atoms with Crippen LogP contribution in [0.4, 0.5) is 5.69 Å². The van der Waals surface area contributed by atoms with E-state index < -0.39 is 10.0 Å². The van der Waals surface area contributed by atoms with E-state index in [1.54, 1.807) is 7.11 Å². The first-order valence-corrected chi connectivity index (χ1v) is 7.98. The molecule has 0 aliphatic carbocycles. The van der Waals surface area contributed by atoms with Gasteiger partial charge in [-0.3, -0.25) is 4.31 Å². The number of benzene rings is 1. The highest BCUT2D eigenvalue weighted by molar-refractivity contribution is 7.92. The van der Waals surface area contributed by atoms with Crippen LogP contribution >= 0.6 is 0 Å². The molecular formula is C13H20N2O3S. The number of hydrogen-bond donors (Lipinski definition) is 1. The number of nitrogens with zero attached hydrogens (tertiary/aromatic N) is 1. The summed E-state index contributed by atoms with van der Waals surface area (Å²) in [4.78, 5) is 0. The minimum absolute atomic E-state index is 0.0852. The van der Waals surface area contributed by atoms with Gasteiger partial charge in [-0.15, -0.1) is 0 Å². The summed E-state index contributed by atoms with van der Waals surface area (Å²) in [5, 5.41) is 0. The van der Waals surface area contributed by atoms with Crippen molar-refractivity contribution in [3.8, 4) is 0 Å². The number of rotatable bonds is 5. The first-order valence-electron chi connectivity index (χ1n) is 6.37. The summed E-state index contributed by atoms with van der Waals surface area (Å²) in [6.07, 6.45) is 1.22. The van der Waals surface area contributed by atoms with E-state index in [0.29, 0.717) is 19.6 Å². The summed E-state index contributed by atoms with van der Waals surface area (Å²) < 4.78 is 31.1. The van der Waals surface area contributed by atoms with Crippen LogP contribution < -0.4 is 10.0 Å². The Balaban J connectivity index is 2.24. The highest BCUT2D eigenvalue weighted by Crippen LogP contribution is 2.28. The molecule has 1 heterocycles. The summed E-state index contributed by atoms with van der Waals surface area (Å²) in [5.74, 6) is 0.0852. The molecule has 2 rings (SSSR count). The number of anilines is 1. The lowest BCUT2D eigenvalue weighted by molar-refractivity contribution is 0.199. The van der Waals surface area contributed by atoms with E-state index in [2.05, 4.69) is 0 Å². The third-order valence-electron chi connectivity index (χ3n) is 3.23. The van der Waals surface area contributed by atoms with E-state index in [1.807, 2.05) is 24.3 Å². The molecule has 5 nitrogen and oxygen atoms in total. The van der Waals surface area contributed by atoms with Gasteiger partial charge in [0, 0.05) is 26.3 Å². The minimum atomic E-state index is -3.33. The SMILES string of the molecule is COCCCS(=O)(=O)N1CC(N)Cc2ccccc21. The molecule has 1 atom stereocenters. The van der Waals surface area contributed by atoms with Crippen LogP contribution in [0.15, 0.2) is 24.3 Å². The van der Waals surface area contributed by atoms with Crippen molar-refractivity contribution in [3.05, 3.63) is 29.8 Å². The standard InChI is InChI=1S/C13H20N2O3S/c1-18-7-4-8-19(16,17)15-10-12(14)9-11-5-2-3-6-13(11)15/h2-3,5-6,12H,4,7-10,14H2,1H3. The van der Waals surface area contributed by atoms with Crippen LogP contribution in [0.2, 0.25) is 0 Å². The number of nitrogens with two attached hydrogens (primary N) is 1. The Morgan fingerprint density at radius 2 is 2.16 bits per heavy atom. The quantitative estimate of drug-likeness (QED) is 0.810. The van der Waals surface area contributed by atoms with Gasteiger partial charge in [0.25, 0.3) is 0 Å². The molecule has 1 aromatic carbocycles. The van der Waals surface area contributed by atoms with Crippen molar-refractivity contribution in [1.29, 1.82) is 0 Å². The highest BCUT2D eigenvalue weighted by Gasteiger charge is 2.30. The number of fused-ring (bicyclic) bond motifs is 1. The summed E-state index contributed by atoms with van der Waals surface area (Å²) >= 11 is 0. The fourth-order valence-corrected chi connectivity index (χ4v) is 3.94. The fourth-order valence-electron chi connectivity index (χ4n) is 2.34. The molecule has 0 radical (unpaired) electrons. The normalized spacial score (nSPS) is 19.3. The molecule has 0 saturated carbocycles. The molecule has 19 heavy (non-hydrogen) atoms. The van der Waals surface area contributed by atoms with Crippen molar-refractivity contribution in [3.63, 3.8) is 0 Å². The zero-order valence-corrected chi connectivity index (χ0v) is 11.9. The molecule has 1 aliphatic heterocycles. The zero-order valence-electron chi connectivity index (χ0n) is 11.1. The van der Waals surface area contributed by atoms with Crippen LogP contribution in [0, 0.1) is 0 Å². The number of para-hydroxylation sites is 1. The minimum Gasteiger partial charge on any atom is -0.385 e. The molecule has 0 fully saturated rings. The second-order valence-electron chi connectivity index (χ2n) is 4.79. The van der Waals surface area contributed by atoms with E-state index >= 15 is 0 Å². The van der Waals surface area contributed by atoms with Gasteiger partial charge in [-0.25, -0.2) is 8.42 Å². The van der Waals surface area contributed by atoms with E-state index in [9.17, 15) is 8.42 Å². The molecule has 6 heteroatoms. The van der Waals surface area contributed by atoms with Crippen molar-refractivity contribution in [2.45, 2.75) is 18.9 Å². The molecule has 0 amide bonds. The number of ether oxygens (including phenoxy) is 1. The molecule has 106 valence electrons. The van der Waals surface area contributed by atoms with Crippen molar-refractivity contribution < 1.29 is 13.2 Å². The summed E-state index contributed by atoms with van der Waals surface area (Å²) in [6.45, 7) is 0.799. The Kier molecular flexibility index (Phi) is 4.44.